The van der Waals surface area contributed by atoms with E-state index in [0.717, 1.165) is 24.2 Å². The minimum atomic E-state index is -0.580. The van der Waals surface area contributed by atoms with Gasteiger partial charge in [-0.2, -0.15) is 0 Å². The van der Waals surface area contributed by atoms with Crippen LogP contribution in [0.4, 0.5) is 21.9 Å². The topological polar surface area (TPSA) is 100 Å². The first-order valence-corrected chi connectivity index (χ1v) is 12.5. The molecule has 1 aromatic heterocycles. The van der Waals surface area contributed by atoms with E-state index in [1.165, 1.54) is 0 Å². The van der Waals surface area contributed by atoms with E-state index >= 15 is 0 Å². The first kappa shape index (κ1) is 23.4. The second-order valence-corrected chi connectivity index (χ2v) is 8.93. The van der Waals surface area contributed by atoms with Crippen molar-refractivity contribution < 1.29 is 9.21 Å². The predicted molar refractivity (Wildman–Crippen MR) is 152 cm³/mol. The van der Waals surface area contributed by atoms with Crippen molar-refractivity contribution in [2.24, 2.45) is 0 Å². The van der Waals surface area contributed by atoms with Gasteiger partial charge in [0.2, 0.25) is 5.43 Å². The summed E-state index contributed by atoms with van der Waals surface area (Å²) < 4.78 is 6.32. The van der Waals surface area contributed by atoms with Crippen LogP contribution in [0, 0.1) is 0 Å². The fraction of sp³-hybridized carbons (Fsp3) is 0.133. The minimum absolute atomic E-state index is 0.0343. The average Bonchev–Trinajstić information content (AvgIpc) is 2.95. The number of amides is 2. The summed E-state index contributed by atoms with van der Waals surface area (Å²) in [5, 5.41) is 7.58. The highest BCUT2D eigenvalue weighted by Gasteiger charge is 2.24. The van der Waals surface area contributed by atoms with Gasteiger partial charge in [-0.05, 0) is 38.1 Å². The molecule has 0 bridgehead atoms. The van der Waals surface area contributed by atoms with Gasteiger partial charge in [-0.15, -0.1) is 0 Å². The third kappa shape index (κ3) is 3.96. The molecule has 38 heavy (non-hydrogen) atoms. The van der Waals surface area contributed by atoms with Crippen LogP contribution in [0.5, 0.6) is 0 Å². The van der Waals surface area contributed by atoms with Crippen molar-refractivity contribution in [3.05, 3.63) is 89.2 Å². The molecule has 8 heteroatoms. The molecule has 2 amide bonds. The largest absolute Gasteiger partial charge is 0.450 e. The van der Waals surface area contributed by atoms with Crippen LogP contribution in [-0.4, -0.2) is 29.1 Å². The van der Waals surface area contributed by atoms with E-state index < -0.39 is 6.03 Å². The number of para-hydroxylation sites is 1. The lowest BCUT2D eigenvalue weighted by atomic mass is 10.0. The standard InChI is InChI=1S/C30H25N5O3/c1-3-35(4-2)19-14-15-22-24(17-19)38-29-26(32-22)20-11-5-6-12-21(20)28(36)27(29)34-30(37)33-23-13-7-9-18-10-8-16-31-25(18)23/h5-17H,3-4H2,1-2H3,(H2,33,34,37). The molecule has 2 aliphatic rings. The fourth-order valence-electron chi connectivity index (χ4n) is 4.85. The van der Waals surface area contributed by atoms with E-state index in [1.807, 2.05) is 54.6 Å². The quantitative estimate of drug-likeness (QED) is 0.206. The summed E-state index contributed by atoms with van der Waals surface area (Å²) in [5.74, 6) is 0.226. The SMILES string of the molecule is CCN(CC)c1ccc2nc3c4ccccc4c(=O)c(NC(=O)Nc4cccc5cccnc45)c-3oc2c1. The summed E-state index contributed by atoms with van der Waals surface area (Å²) >= 11 is 0. The fourth-order valence-corrected chi connectivity index (χ4v) is 4.85. The van der Waals surface area contributed by atoms with Gasteiger partial charge in [0.15, 0.2) is 11.3 Å². The number of rotatable bonds is 5. The van der Waals surface area contributed by atoms with Gasteiger partial charge in [0.05, 0.1) is 11.2 Å². The van der Waals surface area contributed by atoms with E-state index in [-0.39, 0.29) is 16.9 Å². The maximum atomic E-state index is 13.6. The lowest BCUT2D eigenvalue weighted by molar-refractivity contribution is 0.262. The van der Waals surface area contributed by atoms with E-state index in [2.05, 4.69) is 34.4 Å². The van der Waals surface area contributed by atoms with Crippen molar-refractivity contribution in [2.75, 3.05) is 28.6 Å². The zero-order valence-electron chi connectivity index (χ0n) is 21.0. The number of benzene rings is 4. The molecule has 2 heterocycles. The van der Waals surface area contributed by atoms with Gasteiger partial charge < -0.3 is 20.0 Å². The Bertz CT molecular complexity index is 1850. The zero-order chi connectivity index (χ0) is 26.2. The Morgan fingerprint density at radius 3 is 2.53 bits per heavy atom. The molecule has 0 radical (unpaired) electrons. The van der Waals surface area contributed by atoms with Crippen molar-refractivity contribution in [3.8, 4) is 11.5 Å². The van der Waals surface area contributed by atoms with Gasteiger partial charge in [0.1, 0.15) is 16.9 Å². The molecule has 3 aromatic carbocycles. The van der Waals surface area contributed by atoms with Crippen molar-refractivity contribution in [3.63, 3.8) is 0 Å². The summed E-state index contributed by atoms with van der Waals surface area (Å²) in [6.45, 7) is 5.86. The molecule has 1 aliphatic carbocycles. The van der Waals surface area contributed by atoms with Crippen LogP contribution in [0.3, 0.4) is 0 Å². The van der Waals surface area contributed by atoms with Crippen LogP contribution in [0.2, 0.25) is 0 Å². The third-order valence-electron chi connectivity index (χ3n) is 6.73. The molecule has 2 N–H and O–H groups in total. The molecule has 0 atom stereocenters. The lowest BCUT2D eigenvalue weighted by Gasteiger charge is -2.21. The smallest absolute Gasteiger partial charge is 0.323 e. The summed E-state index contributed by atoms with van der Waals surface area (Å²) in [5.41, 5.74) is 3.56. The normalized spacial score (nSPS) is 11.3. The zero-order valence-corrected chi connectivity index (χ0v) is 21.0. The number of nitrogens with zero attached hydrogens (tertiary/aromatic N) is 3. The summed E-state index contributed by atoms with van der Waals surface area (Å²) in [6.07, 6.45) is 1.67. The van der Waals surface area contributed by atoms with E-state index in [4.69, 9.17) is 9.40 Å². The van der Waals surface area contributed by atoms with E-state index in [0.29, 0.717) is 38.8 Å². The van der Waals surface area contributed by atoms with Crippen molar-refractivity contribution in [1.29, 1.82) is 0 Å². The van der Waals surface area contributed by atoms with Crippen LogP contribution < -0.4 is 21.0 Å². The highest BCUT2D eigenvalue weighted by atomic mass is 16.3. The number of fused-ring (bicyclic) bond motifs is 5. The highest BCUT2D eigenvalue weighted by Crippen LogP contribution is 2.36. The number of pyridine rings is 1. The third-order valence-corrected chi connectivity index (χ3v) is 6.73. The average molecular weight is 504 g/mol. The minimum Gasteiger partial charge on any atom is -0.450 e. The number of aromatic nitrogens is 2. The highest BCUT2D eigenvalue weighted by molar-refractivity contribution is 6.09. The molecule has 0 spiro atoms. The molecule has 0 fully saturated rings. The second kappa shape index (κ2) is 9.48. The first-order chi connectivity index (χ1) is 18.6. The number of hydrogen-bond donors (Lipinski definition) is 2. The second-order valence-electron chi connectivity index (χ2n) is 8.93. The Hall–Kier alpha value is -4.98. The van der Waals surface area contributed by atoms with Gasteiger partial charge >= 0.3 is 6.03 Å². The number of carbonyl (C=O) groups is 1. The maximum absolute atomic E-state index is 13.6. The molecular weight excluding hydrogens is 478 g/mol. The first-order valence-electron chi connectivity index (χ1n) is 12.5. The molecule has 4 aromatic rings. The summed E-state index contributed by atoms with van der Waals surface area (Å²) in [4.78, 5) is 38.2. The van der Waals surface area contributed by atoms with Crippen LogP contribution in [0.1, 0.15) is 13.8 Å². The Labute approximate surface area is 218 Å². The Morgan fingerprint density at radius 2 is 1.71 bits per heavy atom. The van der Waals surface area contributed by atoms with Crippen LogP contribution >= 0.6 is 0 Å². The Balaban J connectivity index is 1.49. The molecule has 0 saturated carbocycles. The summed E-state index contributed by atoms with van der Waals surface area (Å²) in [6, 6.07) is 21.7. The number of nitrogens with one attached hydrogen (secondary N) is 2. The van der Waals surface area contributed by atoms with Crippen LogP contribution in [-0.2, 0) is 0 Å². The maximum Gasteiger partial charge on any atom is 0.323 e. The monoisotopic (exact) mass is 503 g/mol. The van der Waals surface area contributed by atoms with Gasteiger partial charge in [-0.3, -0.25) is 9.78 Å². The molecule has 8 nitrogen and oxygen atoms in total. The number of carbonyl (C=O) groups excluding carboxylic acids is 1. The van der Waals surface area contributed by atoms with Crippen molar-refractivity contribution in [1.82, 2.24) is 9.97 Å². The Kier molecular flexibility index (Phi) is 5.84. The van der Waals surface area contributed by atoms with Crippen molar-refractivity contribution >= 4 is 55.9 Å². The van der Waals surface area contributed by atoms with Crippen LogP contribution in [0.25, 0.3) is 44.2 Å². The lowest BCUT2D eigenvalue weighted by Crippen LogP contribution is -2.25. The molecule has 0 saturated heterocycles. The molecular formula is C30H25N5O3. The number of anilines is 3. The Morgan fingerprint density at radius 1 is 0.921 bits per heavy atom. The van der Waals surface area contributed by atoms with E-state index in [1.54, 1.807) is 24.4 Å². The van der Waals surface area contributed by atoms with Crippen LogP contribution in [0.15, 0.2) is 88.2 Å². The van der Waals surface area contributed by atoms with Gasteiger partial charge in [-0.25, -0.2) is 9.78 Å². The molecule has 188 valence electrons. The van der Waals surface area contributed by atoms with Gasteiger partial charge in [-0.1, -0.05) is 42.5 Å². The summed E-state index contributed by atoms with van der Waals surface area (Å²) in [7, 11) is 0. The number of hydrogen-bond acceptors (Lipinski definition) is 6. The van der Waals surface area contributed by atoms with E-state index in [9.17, 15) is 9.59 Å². The number of urea groups is 1. The van der Waals surface area contributed by atoms with Gasteiger partial charge in [0.25, 0.3) is 0 Å². The van der Waals surface area contributed by atoms with Crippen molar-refractivity contribution in [2.45, 2.75) is 13.8 Å². The van der Waals surface area contributed by atoms with Gasteiger partial charge in [0, 0.05) is 47.2 Å². The predicted octanol–water partition coefficient (Wildman–Crippen LogP) is 6.48. The molecule has 1 aliphatic heterocycles. The molecule has 6 rings (SSSR count). The molecule has 0 unspecified atom stereocenters.